The number of allylic oxidation sites excluding steroid dienone is 20. The summed E-state index contributed by atoms with van der Waals surface area (Å²) in [6.45, 7) is 24.6. The van der Waals surface area contributed by atoms with Gasteiger partial charge in [0.05, 0.1) is 5.41 Å². The van der Waals surface area contributed by atoms with E-state index in [0.29, 0.717) is 5.92 Å². The summed E-state index contributed by atoms with van der Waals surface area (Å²) in [5.74, 6) is 0.366. The maximum atomic E-state index is 3.93. The van der Waals surface area contributed by atoms with Crippen LogP contribution >= 0.6 is 0 Å². The van der Waals surface area contributed by atoms with E-state index in [0.717, 1.165) is 24.2 Å². The van der Waals surface area contributed by atoms with Crippen LogP contribution < -0.4 is 5.32 Å². The Bertz CT molecular complexity index is 3410. The van der Waals surface area contributed by atoms with Crippen molar-refractivity contribution in [3.63, 3.8) is 0 Å². The summed E-state index contributed by atoms with van der Waals surface area (Å²) in [5, 5.41) is 6.55. The van der Waals surface area contributed by atoms with Crippen molar-refractivity contribution < 1.29 is 0 Å². The second-order valence-electron chi connectivity index (χ2n) is 18.7. The maximum absolute atomic E-state index is 3.93. The summed E-state index contributed by atoms with van der Waals surface area (Å²) in [7, 11) is 0. The van der Waals surface area contributed by atoms with E-state index in [1.165, 1.54) is 94.3 Å². The fraction of sp³-hybridized carbons (Fsp3) is 0.205. The van der Waals surface area contributed by atoms with Crippen LogP contribution in [0.5, 0.6) is 0 Å². The van der Waals surface area contributed by atoms with Crippen LogP contribution in [0.2, 0.25) is 0 Å². The van der Waals surface area contributed by atoms with Crippen molar-refractivity contribution in [3.8, 4) is 22.3 Å². The summed E-state index contributed by atoms with van der Waals surface area (Å²) in [6, 6.07) is 59.8. The number of benzene rings is 7. The highest BCUT2D eigenvalue weighted by atomic mass is 14.9. The van der Waals surface area contributed by atoms with Gasteiger partial charge >= 0.3 is 0 Å². The lowest BCUT2D eigenvalue weighted by molar-refractivity contribution is 0.766. The van der Waals surface area contributed by atoms with Gasteiger partial charge in [0, 0.05) is 17.0 Å². The first-order valence-corrected chi connectivity index (χ1v) is 29.2. The van der Waals surface area contributed by atoms with E-state index in [9.17, 15) is 0 Å². The van der Waals surface area contributed by atoms with Crippen molar-refractivity contribution >= 4 is 33.7 Å². The zero-order valence-corrected chi connectivity index (χ0v) is 49.3. The molecule has 1 nitrogen and oxygen atoms in total. The molecule has 1 heteroatoms. The van der Waals surface area contributed by atoms with Gasteiger partial charge in [-0.2, -0.15) is 0 Å². The SMILES string of the molecule is CC.CC.CC.CC.C\C=C/C=C\C(\C=C/c1cc(-c2cccc(C3=CCC=C3Nc3ccc4c(c3)C(C3=CC=CC(C)C=C3)(c3ccccc3)c3ccccc3-4)c2)ccc1C1=C(C)C=CC1)=C\C.c1ccc2ccccc2c1. The molecule has 2 atom stereocenters. The number of hydrogen-bond acceptors (Lipinski definition) is 1. The van der Waals surface area contributed by atoms with Crippen molar-refractivity contribution in [2.75, 3.05) is 5.32 Å². The number of fused-ring (bicyclic) bond motifs is 4. The molecule has 79 heavy (non-hydrogen) atoms. The lowest BCUT2D eigenvalue weighted by Gasteiger charge is -2.35. The molecule has 0 radical (unpaired) electrons. The van der Waals surface area contributed by atoms with Crippen LogP contribution in [0.15, 0.2) is 277 Å². The predicted molar refractivity (Wildman–Crippen MR) is 352 cm³/mol. The molecule has 402 valence electrons. The molecule has 0 saturated carbocycles. The van der Waals surface area contributed by atoms with Crippen LogP contribution in [0, 0.1) is 5.92 Å². The first-order chi connectivity index (χ1) is 38.9. The molecule has 7 aromatic carbocycles. The van der Waals surface area contributed by atoms with Crippen molar-refractivity contribution in [2.24, 2.45) is 5.92 Å². The second-order valence-corrected chi connectivity index (χ2v) is 18.7. The molecule has 11 rings (SSSR count). The van der Waals surface area contributed by atoms with Crippen molar-refractivity contribution in [1.29, 1.82) is 0 Å². The van der Waals surface area contributed by atoms with Crippen LogP contribution in [0.1, 0.15) is 129 Å². The molecule has 0 heterocycles. The maximum Gasteiger partial charge on any atom is 0.0714 e. The van der Waals surface area contributed by atoms with Gasteiger partial charge in [-0.15, -0.1) is 0 Å². The van der Waals surface area contributed by atoms with Gasteiger partial charge in [-0.05, 0) is 152 Å². The minimum atomic E-state index is -0.461. The molecule has 0 saturated heterocycles. The molecule has 4 aliphatic rings. The van der Waals surface area contributed by atoms with Crippen molar-refractivity contribution in [2.45, 2.75) is 101 Å². The van der Waals surface area contributed by atoms with Gasteiger partial charge < -0.3 is 5.32 Å². The predicted octanol–water partition coefficient (Wildman–Crippen LogP) is 22.9. The topological polar surface area (TPSA) is 12.0 Å². The summed E-state index contributed by atoms with van der Waals surface area (Å²) < 4.78 is 0. The number of anilines is 1. The number of hydrogen-bond donors (Lipinski definition) is 1. The Labute approximate surface area is 476 Å². The third-order valence-corrected chi connectivity index (χ3v) is 14.3. The molecule has 1 N–H and O–H groups in total. The third-order valence-electron chi connectivity index (χ3n) is 14.3. The minimum Gasteiger partial charge on any atom is -0.355 e. The van der Waals surface area contributed by atoms with E-state index >= 15 is 0 Å². The van der Waals surface area contributed by atoms with Crippen LogP contribution in [0.25, 0.3) is 50.2 Å². The highest BCUT2D eigenvalue weighted by Gasteiger charge is 2.46. The van der Waals surface area contributed by atoms with Gasteiger partial charge in [-0.3, -0.25) is 0 Å². The standard InChI is InChI=1S/C60H53N.C10H8.4C2H6/c1-5-7-9-20-44(6-2)32-33-48-40-46(34-37-53(48)52-27-15-19-43(52)4)45-21-16-22-47(39-45)54-28-17-30-59(54)61-51-36-38-56-55-26-12-13-29-57(55)60(58(56)41-51,49-23-10-8-11-24-49)50-25-14-18-42(3)31-35-50;1-2-6-10-8-4-3-7-9(10)5-1;4*1-2/h5-16,18-26,28-42,61H,17,27H2,1-4H3;1-8H;4*1-2H3/b7-5-,20-9-,33-32-,44-6-;;;;;. The Morgan fingerprint density at radius 1 is 0.570 bits per heavy atom. The summed E-state index contributed by atoms with van der Waals surface area (Å²) in [4.78, 5) is 0. The van der Waals surface area contributed by atoms with Gasteiger partial charge in [-0.1, -0.05) is 299 Å². The highest BCUT2D eigenvalue weighted by Crippen LogP contribution is 2.57. The van der Waals surface area contributed by atoms with Gasteiger partial charge in [0.2, 0.25) is 0 Å². The molecule has 0 aliphatic heterocycles. The molecule has 7 aromatic rings. The van der Waals surface area contributed by atoms with E-state index in [4.69, 9.17) is 0 Å². The Hall–Kier alpha value is -8.26. The second kappa shape index (κ2) is 30.6. The van der Waals surface area contributed by atoms with Crippen molar-refractivity contribution in [3.05, 3.63) is 311 Å². The van der Waals surface area contributed by atoms with E-state index in [2.05, 4.69) is 287 Å². The molecule has 0 fully saturated rings. The van der Waals surface area contributed by atoms with Gasteiger partial charge in [0.1, 0.15) is 0 Å². The smallest absolute Gasteiger partial charge is 0.0714 e. The number of nitrogens with one attached hydrogen (secondary N) is 1. The minimum absolute atomic E-state index is 0.366. The average Bonchev–Trinajstić information content (AvgIpc) is 4.18. The third kappa shape index (κ3) is 13.9. The average molecular weight is 1040 g/mol. The fourth-order valence-corrected chi connectivity index (χ4v) is 10.7. The lowest BCUT2D eigenvalue weighted by Crippen LogP contribution is -2.29. The van der Waals surface area contributed by atoms with Crippen LogP contribution in [-0.4, -0.2) is 0 Å². The molecule has 0 aromatic heterocycles. The van der Waals surface area contributed by atoms with E-state index in [1.54, 1.807) is 0 Å². The summed E-state index contributed by atoms with van der Waals surface area (Å²) in [5.41, 5.74) is 20.8. The lowest BCUT2D eigenvalue weighted by atomic mass is 9.67. The molecular weight excluding hydrogens is 951 g/mol. The first kappa shape index (κ1) is 60.0. The fourth-order valence-electron chi connectivity index (χ4n) is 10.7. The highest BCUT2D eigenvalue weighted by molar-refractivity contribution is 5.91. The Morgan fingerprint density at radius 2 is 1.22 bits per heavy atom. The number of rotatable bonds is 11. The molecule has 0 amide bonds. The Morgan fingerprint density at radius 3 is 1.90 bits per heavy atom. The van der Waals surface area contributed by atoms with Crippen LogP contribution in [0.3, 0.4) is 0 Å². The Balaban J connectivity index is 0.000000485. The van der Waals surface area contributed by atoms with Crippen molar-refractivity contribution in [1.82, 2.24) is 0 Å². The van der Waals surface area contributed by atoms with Gasteiger partial charge in [-0.25, -0.2) is 0 Å². The normalized spacial score (nSPS) is 16.6. The molecule has 4 aliphatic carbocycles. The molecule has 0 bridgehead atoms. The zero-order valence-electron chi connectivity index (χ0n) is 49.3. The molecule has 0 spiro atoms. The van der Waals surface area contributed by atoms with Crippen LogP contribution in [0.4, 0.5) is 5.69 Å². The Kier molecular flexibility index (Phi) is 23.2. The van der Waals surface area contributed by atoms with E-state index in [-0.39, 0.29) is 0 Å². The summed E-state index contributed by atoms with van der Waals surface area (Å²) >= 11 is 0. The summed E-state index contributed by atoms with van der Waals surface area (Å²) in [6.07, 6.45) is 37.6. The molecular formula is C78H85N. The first-order valence-electron chi connectivity index (χ1n) is 29.2. The monoisotopic (exact) mass is 1040 g/mol. The van der Waals surface area contributed by atoms with E-state index in [1.807, 2.05) is 62.3 Å². The quantitative estimate of drug-likeness (QED) is 0.127. The van der Waals surface area contributed by atoms with Gasteiger partial charge in [0.25, 0.3) is 0 Å². The van der Waals surface area contributed by atoms with Crippen LogP contribution in [-0.2, 0) is 5.41 Å². The van der Waals surface area contributed by atoms with Gasteiger partial charge in [0.15, 0.2) is 0 Å². The largest absolute Gasteiger partial charge is 0.355 e. The zero-order chi connectivity index (χ0) is 56.6. The van der Waals surface area contributed by atoms with E-state index < -0.39 is 5.41 Å². The molecule has 2 unspecified atom stereocenters.